The third-order valence-electron chi connectivity index (χ3n) is 3.68. The fourth-order valence-corrected chi connectivity index (χ4v) is 2.58. The van der Waals surface area contributed by atoms with Crippen molar-refractivity contribution in [2.45, 2.75) is 45.3 Å². The van der Waals surface area contributed by atoms with E-state index in [0.717, 1.165) is 5.56 Å². The van der Waals surface area contributed by atoms with Crippen LogP contribution in [0, 0.1) is 11.3 Å². The fourth-order valence-electron chi connectivity index (χ4n) is 2.58. The van der Waals surface area contributed by atoms with Gasteiger partial charge >= 0.3 is 6.09 Å². The standard InChI is InChI=1S/C18H23N3O3/c1-18(2,3)24-17(23)20-15-9-11-21(12-15)16(22)14-6-4-13(5-7-14)8-10-19/h4-7,15H,8-9,11-12H2,1-3H3,(H,20,23)/t15-/m1/s1. The molecule has 1 fully saturated rings. The summed E-state index contributed by atoms with van der Waals surface area (Å²) < 4.78 is 5.24. The van der Waals surface area contributed by atoms with E-state index in [9.17, 15) is 9.59 Å². The highest BCUT2D eigenvalue weighted by molar-refractivity contribution is 5.94. The predicted octanol–water partition coefficient (Wildman–Crippen LogP) is 2.49. The lowest BCUT2D eigenvalue weighted by atomic mass is 10.1. The Labute approximate surface area is 142 Å². The Morgan fingerprint density at radius 2 is 2.00 bits per heavy atom. The second-order valence-corrected chi connectivity index (χ2v) is 6.91. The molecule has 0 saturated carbocycles. The molecule has 1 N–H and O–H groups in total. The van der Waals surface area contributed by atoms with Crippen molar-refractivity contribution in [3.05, 3.63) is 35.4 Å². The van der Waals surface area contributed by atoms with Gasteiger partial charge in [0.25, 0.3) is 5.91 Å². The van der Waals surface area contributed by atoms with E-state index in [1.165, 1.54) is 0 Å². The van der Waals surface area contributed by atoms with Crippen LogP contribution in [0.1, 0.15) is 43.1 Å². The Kier molecular flexibility index (Phi) is 5.45. The molecule has 1 aliphatic rings. The van der Waals surface area contributed by atoms with Crippen LogP contribution in [0.5, 0.6) is 0 Å². The molecule has 0 aromatic heterocycles. The number of ether oxygens (including phenoxy) is 1. The second kappa shape index (κ2) is 7.35. The number of hydrogen-bond acceptors (Lipinski definition) is 4. The van der Waals surface area contributed by atoms with Crippen LogP contribution in [0.3, 0.4) is 0 Å². The van der Waals surface area contributed by atoms with Crippen LogP contribution < -0.4 is 5.32 Å². The summed E-state index contributed by atoms with van der Waals surface area (Å²) in [5.74, 6) is -0.0630. The minimum Gasteiger partial charge on any atom is -0.444 e. The minimum absolute atomic E-state index is 0.0630. The van der Waals surface area contributed by atoms with Crippen molar-refractivity contribution in [1.82, 2.24) is 10.2 Å². The van der Waals surface area contributed by atoms with Crippen LogP contribution in [-0.4, -0.2) is 41.6 Å². The van der Waals surface area contributed by atoms with E-state index in [1.54, 1.807) is 29.2 Å². The number of carbonyl (C=O) groups excluding carboxylic acids is 2. The molecule has 24 heavy (non-hydrogen) atoms. The van der Waals surface area contributed by atoms with Gasteiger partial charge in [-0.25, -0.2) is 4.79 Å². The van der Waals surface area contributed by atoms with Gasteiger partial charge in [0.1, 0.15) is 5.60 Å². The highest BCUT2D eigenvalue weighted by Gasteiger charge is 2.29. The smallest absolute Gasteiger partial charge is 0.407 e. The van der Waals surface area contributed by atoms with E-state index >= 15 is 0 Å². The predicted molar refractivity (Wildman–Crippen MR) is 89.4 cm³/mol. The van der Waals surface area contributed by atoms with E-state index in [2.05, 4.69) is 11.4 Å². The lowest BCUT2D eigenvalue weighted by molar-refractivity contribution is 0.0502. The van der Waals surface area contributed by atoms with E-state index in [-0.39, 0.29) is 11.9 Å². The van der Waals surface area contributed by atoms with Gasteiger partial charge in [0.2, 0.25) is 0 Å². The average Bonchev–Trinajstić information content (AvgIpc) is 2.94. The molecule has 0 bridgehead atoms. The number of alkyl carbamates (subject to hydrolysis) is 1. The Bertz CT molecular complexity index is 641. The zero-order chi connectivity index (χ0) is 17.7. The number of nitrogens with zero attached hydrogens (tertiary/aromatic N) is 2. The van der Waals surface area contributed by atoms with Crippen LogP contribution in [0.4, 0.5) is 4.79 Å². The monoisotopic (exact) mass is 329 g/mol. The molecule has 1 heterocycles. The van der Waals surface area contributed by atoms with Crippen LogP contribution in [-0.2, 0) is 11.2 Å². The fraction of sp³-hybridized carbons (Fsp3) is 0.500. The van der Waals surface area contributed by atoms with E-state index in [0.29, 0.717) is 31.5 Å². The average molecular weight is 329 g/mol. The first-order valence-corrected chi connectivity index (χ1v) is 8.03. The maximum absolute atomic E-state index is 12.5. The SMILES string of the molecule is CC(C)(C)OC(=O)N[C@@H]1CCN(C(=O)c2ccc(CC#N)cc2)C1. The Morgan fingerprint density at radius 1 is 1.33 bits per heavy atom. The summed E-state index contributed by atoms with van der Waals surface area (Å²) in [7, 11) is 0. The Balaban J connectivity index is 1.89. The quantitative estimate of drug-likeness (QED) is 0.923. The van der Waals surface area contributed by atoms with E-state index in [4.69, 9.17) is 10.00 Å². The van der Waals surface area contributed by atoms with Crippen LogP contribution >= 0.6 is 0 Å². The largest absolute Gasteiger partial charge is 0.444 e. The highest BCUT2D eigenvalue weighted by atomic mass is 16.6. The maximum atomic E-state index is 12.5. The number of nitrogens with one attached hydrogen (secondary N) is 1. The molecule has 2 rings (SSSR count). The summed E-state index contributed by atoms with van der Waals surface area (Å²) in [6, 6.07) is 9.05. The van der Waals surface area contributed by atoms with Gasteiger partial charge in [0.15, 0.2) is 0 Å². The summed E-state index contributed by atoms with van der Waals surface area (Å²) in [6.07, 6.45) is 0.583. The lowest BCUT2D eigenvalue weighted by Gasteiger charge is -2.22. The van der Waals surface area contributed by atoms with Crippen LogP contribution in [0.25, 0.3) is 0 Å². The van der Waals surface area contributed by atoms with Gasteiger partial charge in [-0.2, -0.15) is 5.26 Å². The molecule has 2 amide bonds. The van der Waals surface area contributed by atoms with Gasteiger partial charge < -0.3 is 15.0 Å². The van der Waals surface area contributed by atoms with Crippen molar-refractivity contribution >= 4 is 12.0 Å². The molecule has 1 saturated heterocycles. The first-order chi connectivity index (χ1) is 11.3. The Morgan fingerprint density at radius 3 is 2.58 bits per heavy atom. The molecular weight excluding hydrogens is 306 g/mol. The molecule has 128 valence electrons. The molecule has 0 unspecified atom stereocenters. The number of likely N-dealkylation sites (tertiary alicyclic amines) is 1. The number of carbonyl (C=O) groups is 2. The number of benzene rings is 1. The number of rotatable bonds is 3. The molecule has 6 nitrogen and oxygen atoms in total. The molecule has 0 spiro atoms. The first-order valence-electron chi connectivity index (χ1n) is 8.03. The minimum atomic E-state index is -0.538. The molecule has 1 aliphatic heterocycles. The number of amides is 2. The topological polar surface area (TPSA) is 82.4 Å². The highest BCUT2D eigenvalue weighted by Crippen LogP contribution is 2.15. The third-order valence-corrected chi connectivity index (χ3v) is 3.68. The van der Waals surface area contributed by atoms with Gasteiger partial charge in [-0.05, 0) is 44.9 Å². The van der Waals surface area contributed by atoms with E-state index in [1.807, 2.05) is 20.8 Å². The van der Waals surface area contributed by atoms with Gasteiger partial charge in [0.05, 0.1) is 18.5 Å². The second-order valence-electron chi connectivity index (χ2n) is 6.91. The molecule has 0 aliphatic carbocycles. The van der Waals surface area contributed by atoms with Crippen LogP contribution in [0.15, 0.2) is 24.3 Å². The summed E-state index contributed by atoms with van der Waals surface area (Å²) in [5.41, 5.74) is 0.943. The molecule has 1 atom stereocenters. The van der Waals surface area contributed by atoms with Crippen molar-refractivity contribution in [3.8, 4) is 6.07 Å². The van der Waals surface area contributed by atoms with Gasteiger partial charge in [0, 0.05) is 18.7 Å². The molecule has 0 radical (unpaired) electrons. The van der Waals surface area contributed by atoms with Crippen molar-refractivity contribution in [3.63, 3.8) is 0 Å². The summed E-state index contributed by atoms with van der Waals surface area (Å²) in [5, 5.41) is 11.5. The number of hydrogen-bond donors (Lipinski definition) is 1. The summed E-state index contributed by atoms with van der Waals surface area (Å²) in [4.78, 5) is 26.0. The van der Waals surface area contributed by atoms with Gasteiger partial charge in [-0.15, -0.1) is 0 Å². The molecule has 1 aromatic carbocycles. The molecular formula is C18H23N3O3. The van der Waals surface area contributed by atoms with Crippen molar-refractivity contribution in [2.24, 2.45) is 0 Å². The zero-order valence-electron chi connectivity index (χ0n) is 14.3. The van der Waals surface area contributed by atoms with E-state index < -0.39 is 11.7 Å². The summed E-state index contributed by atoms with van der Waals surface area (Å²) >= 11 is 0. The Hall–Kier alpha value is -2.55. The third kappa shape index (κ3) is 4.98. The van der Waals surface area contributed by atoms with Crippen molar-refractivity contribution < 1.29 is 14.3 Å². The summed E-state index contributed by atoms with van der Waals surface area (Å²) in [6.45, 7) is 6.50. The first kappa shape index (κ1) is 17.8. The lowest BCUT2D eigenvalue weighted by Crippen LogP contribution is -2.41. The zero-order valence-corrected chi connectivity index (χ0v) is 14.3. The number of nitriles is 1. The normalized spacial score (nSPS) is 17.2. The van der Waals surface area contributed by atoms with Crippen molar-refractivity contribution in [1.29, 1.82) is 5.26 Å². The van der Waals surface area contributed by atoms with Gasteiger partial charge in [-0.1, -0.05) is 12.1 Å². The molecule has 1 aromatic rings. The van der Waals surface area contributed by atoms with Crippen LogP contribution in [0.2, 0.25) is 0 Å². The van der Waals surface area contributed by atoms with Crippen molar-refractivity contribution in [2.75, 3.05) is 13.1 Å². The maximum Gasteiger partial charge on any atom is 0.407 e. The van der Waals surface area contributed by atoms with Gasteiger partial charge in [-0.3, -0.25) is 4.79 Å². The molecule has 6 heteroatoms.